The summed E-state index contributed by atoms with van der Waals surface area (Å²) in [7, 11) is 0. The fourth-order valence-electron chi connectivity index (χ4n) is 3.42. The molecule has 0 aromatic heterocycles. The van der Waals surface area contributed by atoms with Crippen LogP contribution in [0.2, 0.25) is 0 Å². The Bertz CT molecular complexity index is 581. The van der Waals surface area contributed by atoms with E-state index >= 15 is 0 Å². The lowest BCUT2D eigenvalue weighted by atomic mass is 9.90. The van der Waals surface area contributed by atoms with E-state index in [4.69, 9.17) is 9.84 Å². The summed E-state index contributed by atoms with van der Waals surface area (Å²) in [6, 6.07) is 7.05. The third-order valence-electron chi connectivity index (χ3n) is 4.87. The Kier molecular flexibility index (Phi) is 5.48. The molecule has 2 saturated heterocycles. The predicted molar refractivity (Wildman–Crippen MR) is 89.2 cm³/mol. The van der Waals surface area contributed by atoms with Gasteiger partial charge < -0.3 is 14.7 Å². The van der Waals surface area contributed by atoms with Crippen molar-refractivity contribution < 1.29 is 19.4 Å². The zero-order valence-corrected chi connectivity index (χ0v) is 13.8. The summed E-state index contributed by atoms with van der Waals surface area (Å²) in [4.78, 5) is 27.6. The number of piperidine rings is 1. The second-order valence-electron chi connectivity index (χ2n) is 6.49. The van der Waals surface area contributed by atoms with Gasteiger partial charge in [-0.2, -0.15) is 0 Å². The Morgan fingerprint density at radius 2 is 1.83 bits per heavy atom. The maximum absolute atomic E-state index is 12.6. The van der Waals surface area contributed by atoms with Gasteiger partial charge in [-0.3, -0.25) is 9.69 Å². The molecule has 1 unspecified atom stereocenters. The van der Waals surface area contributed by atoms with E-state index in [1.807, 2.05) is 17.0 Å². The third kappa shape index (κ3) is 4.13. The van der Waals surface area contributed by atoms with Gasteiger partial charge >= 0.3 is 5.97 Å². The quantitative estimate of drug-likeness (QED) is 0.903. The smallest absolute Gasteiger partial charge is 0.335 e. The van der Waals surface area contributed by atoms with Gasteiger partial charge in [0.15, 0.2) is 0 Å². The molecule has 1 N–H and O–H groups in total. The first-order chi connectivity index (χ1) is 11.6. The summed E-state index contributed by atoms with van der Waals surface area (Å²) < 4.78 is 5.32. The molecule has 1 aromatic carbocycles. The van der Waals surface area contributed by atoms with Crippen molar-refractivity contribution in [1.82, 2.24) is 9.80 Å². The minimum absolute atomic E-state index is 0.184. The van der Waals surface area contributed by atoms with Crippen LogP contribution in [-0.4, -0.2) is 72.7 Å². The average Bonchev–Trinajstić information content (AvgIpc) is 2.63. The first-order valence-electron chi connectivity index (χ1n) is 8.54. The van der Waals surface area contributed by atoms with Crippen LogP contribution in [0, 0.1) is 0 Å². The van der Waals surface area contributed by atoms with E-state index in [1.54, 1.807) is 12.1 Å². The topological polar surface area (TPSA) is 70.1 Å². The number of carboxylic acids is 1. The summed E-state index contributed by atoms with van der Waals surface area (Å²) in [5, 5.41) is 8.99. The molecule has 2 aliphatic rings. The summed E-state index contributed by atoms with van der Waals surface area (Å²) in [5.41, 5.74) is 1.42. The van der Waals surface area contributed by atoms with E-state index in [9.17, 15) is 9.59 Å². The number of aromatic carboxylic acids is 1. The molecule has 0 aliphatic carbocycles. The second-order valence-corrected chi connectivity index (χ2v) is 6.49. The zero-order valence-electron chi connectivity index (χ0n) is 13.8. The average molecular weight is 332 g/mol. The van der Waals surface area contributed by atoms with Crippen LogP contribution < -0.4 is 0 Å². The van der Waals surface area contributed by atoms with Gasteiger partial charge in [0.1, 0.15) is 0 Å². The molecule has 0 radical (unpaired) electrons. The molecule has 2 aliphatic heterocycles. The number of ether oxygens (including phenoxy) is 1. The van der Waals surface area contributed by atoms with Crippen molar-refractivity contribution in [3.63, 3.8) is 0 Å². The van der Waals surface area contributed by atoms with Crippen LogP contribution in [0.25, 0.3) is 0 Å². The van der Waals surface area contributed by atoms with Crippen molar-refractivity contribution in [1.29, 1.82) is 0 Å². The highest BCUT2D eigenvalue weighted by Gasteiger charge is 2.26. The summed E-state index contributed by atoms with van der Waals surface area (Å²) in [6.07, 6.45) is 2.02. The summed E-state index contributed by atoms with van der Waals surface area (Å²) in [6.45, 7) is 5.04. The normalized spacial score (nSPS) is 22.3. The summed E-state index contributed by atoms with van der Waals surface area (Å²) >= 11 is 0. The van der Waals surface area contributed by atoms with E-state index in [2.05, 4.69) is 4.90 Å². The van der Waals surface area contributed by atoms with Gasteiger partial charge in [-0.25, -0.2) is 4.79 Å². The number of amides is 1. The Balaban J connectivity index is 1.58. The molecule has 24 heavy (non-hydrogen) atoms. The molecule has 6 heteroatoms. The molecule has 3 rings (SSSR count). The van der Waals surface area contributed by atoms with Gasteiger partial charge in [-0.05, 0) is 30.5 Å². The van der Waals surface area contributed by atoms with Crippen LogP contribution in [0.4, 0.5) is 0 Å². The fourth-order valence-corrected chi connectivity index (χ4v) is 3.42. The molecule has 1 amide bonds. The number of hydrogen-bond acceptors (Lipinski definition) is 4. The molecule has 0 saturated carbocycles. The molecule has 1 aromatic rings. The van der Waals surface area contributed by atoms with Gasteiger partial charge in [0.05, 0.1) is 25.3 Å². The number of hydrogen-bond donors (Lipinski definition) is 1. The number of benzene rings is 1. The van der Waals surface area contributed by atoms with E-state index in [0.717, 1.165) is 44.6 Å². The van der Waals surface area contributed by atoms with Gasteiger partial charge in [0, 0.05) is 32.1 Å². The lowest BCUT2D eigenvalue weighted by Gasteiger charge is -2.35. The molecule has 2 fully saturated rings. The van der Waals surface area contributed by atoms with Gasteiger partial charge in [-0.1, -0.05) is 12.1 Å². The van der Waals surface area contributed by atoms with Crippen molar-refractivity contribution in [3.8, 4) is 0 Å². The molecule has 1 atom stereocenters. The highest BCUT2D eigenvalue weighted by Crippen LogP contribution is 2.27. The lowest BCUT2D eigenvalue weighted by Crippen LogP contribution is -2.47. The minimum Gasteiger partial charge on any atom is -0.478 e. The fraction of sp³-hybridized carbons (Fsp3) is 0.556. The Labute approximate surface area is 142 Å². The van der Waals surface area contributed by atoms with E-state index in [0.29, 0.717) is 25.3 Å². The molecule has 0 spiro atoms. The van der Waals surface area contributed by atoms with Crippen molar-refractivity contribution in [2.75, 3.05) is 45.9 Å². The van der Waals surface area contributed by atoms with Crippen LogP contribution in [0.3, 0.4) is 0 Å². The van der Waals surface area contributed by atoms with Gasteiger partial charge in [0.25, 0.3) is 0 Å². The van der Waals surface area contributed by atoms with Crippen molar-refractivity contribution in [2.24, 2.45) is 0 Å². The van der Waals surface area contributed by atoms with Crippen LogP contribution in [0.5, 0.6) is 0 Å². The zero-order chi connectivity index (χ0) is 16.9. The number of nitrogens with zero attached hydrogens (tertiary/aromatic N) is 2. The second kappa shape index (κ2) is 7.77. The van der Waals surface area contributed by atoms with E-state index in [1.165, 1.54) is 0 Å². The van der Waals surface area contributed by atoms with Crippen molar-refractivity contribution >= 4 is 11.9 Å². The SMILES string of the molecule is O=C(O)c1ccc(C2CCCN(C(=O)CN3CCOCC3)C2)cc1. The molecule has 6 nitrogen and oxygen atoms in total. The van der Waals surface area contributed by atoms with Crippen LogP contribution in [0.1, 0.15) is 34.7 Å². The molecule has 130 valence electrons. The van der Waals surface area contributed by atoms with Gasteiger partial charge in [0.2, 0.25) is 5.91 Å². The number of carbonyl (C=O) groups is 2. The first-order valence-corrected chi connectivity index (χ1v) is 8.54. The number of morpholine rings is 1. The van der Waals surface area contributed by atoms with Gasteiger partial charge in [-0.15, -0.1) is 0 Å². The number of likely N-dealkylation sites (tertiary alicyclic amines) is 1. The number of rotatable bonds is 4. The number of carboxylic acid groups (broad SMARTS) is 1. The van der Waals surface area contributed by atoms with Crippen molar-refractivity contribution in [2.45, 2.75) is 18.8 Å². The van der Waals surface area contributed by atoms with Crippen LogP contribution >= 0.6 is 0 Å². The molecular weight excluding hydrogens is 308 g/mol. The standard InChI is InChI=1S/C18H24N2O4/c21-17(13-19-8-10-24-11-9-19)20-7-1-2-16(12-20)14-3-5-15(6-4-14)18(22)23/h3-6,16H,1-2,7-13H2,(H,22,23). The van der Waals surface area contributed by atoms with Crippen molar-refractivity contribution in [3.05, 3.63) is 35.4 Å². The maximum atomic E-state index is 12.6. The van der Waals surface area contributed by atoms with E-state index < -0.39 is 5.97 Å². The largest absolute Gasteiger partial charge is 0.478 e. The monoisotopic (exact) mass is 332 g/mol. The lowest BCUT2D eigenvalue weighted by molar-refractivity contribution is -0.134. The van der Waals surface area contributed by atoms with E-state index in [-0.39, 0.29) is 11.8 Å². The number of carbonyl (C=O) groups excluding carboxylic acids is 1. The third-order valence-corrected chi connectivity index (χ3v) is 4.87. The highest BCUT2D eigenvalue weighted by molar-refractivity contribution is 5.87. The minimum atomic E-state index is -0.910. The molecular formula is C18H24N2O4. The molecule has 2 heterocycles. The first kappa shape index (κ1) is 16.9. The maximum Gasteiger partial charge on any atom is 0.335 e. The Hall–Kier alpha value is -1.92. The Morgan fingerprint density at radius 3 is 2.50 bits per heavy atom. The highest BCUT2D eigenvalue weighted by atomic mass is 16.5. The Morgan fingerprint density at radius 1 is 1.12 bits per heavy atom. The molecule has 0 bridgehead atoms. The summed E-state index contributed by atoms with van der Waals surface area (Å²) in [5.74, 6) is -0.438. The van der Waals surface area contributed by atoms with Crippen LogP contribution in [0.15, 0.2) is 24.3 Å². The van der Waals surface area contributed by atoms with Crippen LogP contribution in [-0.2, 0) is 9.53 Å². The predicted octanol–water partition coefficient (Wildman–Crippen LogP) is 1.42.